The van der Waals surface area contributed by atoms with Crippen LogP contribution < -0.4 is 10.6 Å². The van der Waals surface area contributed by atoms with Gasteiger partial charge in [-0.25, -0.2) is 9.59 Å². The highest BCUT2D eigenvalue weighted by atomic mass is 16.4. The molecule has 0 aliphatic heterocycles. The fourth-order valence-electron chi connectivity index (χ4n) is 5.02. The number of amides is 2. The number of hydrogen-bond donors (Lipinski definition) is 4. The molecule has 0 aliphatic rings. The monoisotopic (exact) mass is 608 g/mol. The molecule has 0 bridgehead atoms. The smallest absolute Gasteiger partial charge is 0.335 e. The number of ketones is 1. The first kappa shape index (κ1) is 36.2. The first-order valence-corrected chi connectivity index (χ1v) is 16.0. The van der Waals surface area contributed by atoms with Crippen LogP contribution in [0.3, 0.4) is 0 Å². The van der Waals surface area contributed by atoms with Crippen LogP contribution in [0.15, 0.2) is 42.5 Å². The Hall–Kier alpha value is -4.01. The van der Waals surface area contributed by atoms with Crippen molar-refractivity contribution < 1.29 is 34.2 Å². The number of anilines is 2. The predicted octanol–water partition coefficient (Wildman–Crippen LogP) is 8.49. The molecule has 4 N–H and O–H groups in total. The van der Waals surface area contributed by atoms with Crippen LogP contribution in [0.4, 0.5) is 11.4 Å². The molecule has 0 heterocycles. The van der Waals surface area contributed by atoms with E-state index in [1.165, 1.54) is 89.2 Å². The van der Waals surface area contributed by atoms with Crippen LogP contribution in [0.2, 0.25) is 0 Å². The molecule has 0 atom stereocenters. The molecular weight excluding hydrogens is 560 g/mol. The minimum absolute atomic E-state index is 0.0350. The molecule has 2 amide bonds. The first-order chi connectivity index (χ1) is 21.2. The second kappa shape index (κ2) is 20.8. The first-order valence-electron chi connectivity index (χ1n) is 16.0. The molecule has 44 heavy (non-hydrogen) atoms. The fourth-order valence-corrected chi connectivity index (χ4v) is 5.02. The summed E-state index contributed by atoms with van der Waals surface area (Å²) < 4.78 is 0. The molecular formula is C35H48N2O7. The maximum atomic E-state index is 12.6. The van der Waals surface area contributed by atoms with E-state index >= 15 is 0 Å². The van der Waals surface area contributed by atoms with Gasteiger partial charge in [-0.15, -0.1) is 0 Å². The van der Waals surface area contributed by atoms with Gasteiger partial charge in [0.2, 0.25) is 11.8 Å². The van der Waals surface area contributed by atoms with Crippen molar-refractivity contribution in [1.29, 1.82) is 0 Å². The van der Waals surface area contributed by atoms with Gasteiger partial charge in [-0.1, -0.05) is 96.8 Å². The van der Waals surface area contributed by atoms with Crippen LogP contribution in [0.25, 0.3) is 0 Å². The van der Waals surface area contributed by atoms with Gasteiger partial charge in [-0.2, -0.15) is 0 Å². The van der Waals surface area contributed by atoms with Crippen LogP contribution in [0, 0.1) is 0 Å². The lowest BCUT2D eigenvalue weighted by Gasteiger charge is -2.09. The third-order valence-electron chi connectivity index (χ3n) is 7.53. The zero-order valence-corrected chi connectivity index (χ0v) is 26.0. The molecule has 0 saturated heterocycles. The minimum Gasteiger partial charge on any atom is -0.478 e. The van der Waals surface area contributed by atoms with Crippen LogP contribution >= 0.6 is 0 Å². The SMILES string of the molecule is CCCCCCCCCCCCCCCCCC(=O)Nc1ccc(C(=O)CC(=O)Nc2cc(C(=O)O)cc(C(=O)O)c2)cc1. The molecule has 9 heteroatoms. The lowest BCUT2D eigenvalue weighted by molar-refractivity contribution is -0.116. The maximum Gasteiger partial charge on any atom is 0.335 e. The van der Waals surface area contributed by atoms with Crippen molar-refractivity contribution in [3.8, 4) is 0 Å². The number of hydrogen-bond acceptors (Lipinski definition) is 5. The van der Waals surface area contributed by atoms with E-state index < -0.39 is 30.0 Å². The molecule has 0 saturated carbocycles. The van der Waals surface area contributed by atoms with Gasteiger partial charge in [0, 0.05) is 23.4 Å². The number of Topliss-reactive ketones (excluding diaryl/α,β-unsaturated/α-hetero) is 1. The second-order valence-electron chi connectivity index (χ2n) is 11.4. The second-order valence-corrected chi connectivity index (χ2v) is 11.4. The van der Waals surface area contributed by atoms with E-state index in [2.05, 4.69) is 17.6 Å². The summed E-state index contributed by atoms with van der Waals surface area (Å²) in [5.74, 6) is -3.97. The average Bonchev–Trinajstić information content (AvgIpc) is 2.99. The molecule has 0 radical (unpaired) electrons. The van der Waals surface area contributed by atoms with Crippen LogP contribution in [0.5, 0.6) is 0 Å². The highest BCUT2D eigenvalue weighted by Gasteiger charge is 2.16. The van der Waals surface area contributed by atoms with Crippen molar-refractivity contribution in [2.75, 3.05) is 10.6 Å². The zero-order valence-electron chi connectivity index (χ0n) is 26.0. The van der Waals surface area contributed by atoms with Gasteiger partial charge in [0.05, 0.1) is 17.5 Å². The predicted molar refractivity (Wildman–Crippen MR) is 173 cm³/mol. The molecule has 9 nitrogen and oxygen atoms in total. The standard InChI is InChI=1S/C35H48N2O7/c1-2-3-4-5-6-7-8-9-10-11-12-13-14-15-16-17-32(39)36-29-20-18-26(19-21-29)31(38)25-33(40)37-30-23-27(34(41)42)22-28(24-30)35(43)44/h18-24H,2-17,25H2,1H3,(H,36,39)(H,37,40)(H,41,42)(H,43,44). The number of rotatable bonds is 23. The number of unbranched alkanes of at least 4 members (excludes halogenated alkanes) is 14. The molecule has 0 spiro atoms. The summed E-state index contributed by atoms with van der Waals surface area (Å²) >= 11 is 0. The number of aromatic carboxylic acids is 2. The Morgan fingerprint density at radius 3 is 1.41 bits per heavy atom. The molecule has 0 unspecified atom stereocenters. The molecule has 0 aliphatic carbocycles. The molecule has 2 aromatic carbocycles. The van der Waals surface area contributed by atoms with Crippen LogP contribution in [-0.4, -0.2) is 39.7 Å². The van der Waals surface area contributed by atoms with E-state index in [4.69, 9.17) is 0 Å². The highest BCUT2D eigenvalue weighted by molar-refractivity contribution is 6.11. The van der Waals surface area contributed by atoms with E-state index in [9.17, 15) is 34.2 Å². The summed E-state index contributed by atoms with van der Waals surface area (Å²) in [6, 6.07) is 9.46. The van der Waals surface area contributed by atoms with Crippen LogP contribution in [-0.2, 0) is 9.59 Å². The lowest BCUT2D eigenvalue weighted by Crippen LogP contribution is -2.17. The maximum absolute atomic E-state index is 12.6. The average molecular weight is 609 g/mol. The summed E-state index contributed by atoms with van der Waals surface area (Å²) in [5, 5.41) is 23.6. The van der Waals surface area contributed by atoms with Gasteiger partial charge in [0.1, 0.15) is 0 Å². The summed E-state index contributed by atoms with van der Waals surface area (Å²) in [6.07, 6.45) is 18.9. The van der Waals surface area contributed by atoms with Crippen molar-refractivity contribution in [2.45, 2.75) is 116 Å². The van der Waals surface area contributed by atoms with E-state index in [1.54, 1.807) is 12.1 Å². The topological polar surface area (TPSA) is 150 Å². The number of carbonyl (C=O) groups is 5. The van der Waals surface area contributed by atoms with Crippen LogP contribution in [0.1, 0.15) is 147 Å². The number of nitrogens with one attached hydrogen (secondary N) is 2. The molecule has 0 aromatic heterocycles. The Morgan fingerprint density at radius 1 is 0.523 bits per heavy atom. The van der Waals surface area contributed by atoms with E-state index in [1.807, 2.05) is 0 Å². The van der Waals surface area contributed by atoms with Gasteiger partial charge < -0.3 is 20.8 Å². The Morgan fingerprint density at radius 2 is 0.955 bits per heavy atom. The van der Waals surface area contributed by atoms with E-state index in [0.29, 0.717) is 12.1 Å². The minimum atomic E-state index is -1.35. The van der Waals surface area contributed by atoms with Crippen molar-refractivity contribution >= 4 is 40.9 Å². The summed E-state index contributed by atoms with van der Waals surface area (Å²) in [5.41, 5.74) is 0.189. The Kier molecular flexibility index (Phi) is 17.1. The quantitative estimate of drug-likeness (QED) is 0.0561. The van der Waals surface area contributed by atoms with E-state index in [-0.39, 0.29) is 28.3 Å². The number of carbonyl (C=O) groups excluding carboxylic acids is 3. The summed E-state index contributed by atoms with van der Waals surface area (Å²) in [4.78, 5) is 59.7. The molecule has 240 valence electrons. The molecule has 0 fully saturated rings. The summed E-state index contributed by atoms with van der Waals surface area (Å²) in [7, 11) is 0. The normalized spacial score (nSPS) is 10.8. The molecule has 2 aromatic rings. The fraction of sp³-hybridized carbons (Fsp3) is 0.514. The van der Waals surface area contributed by atoms with Crippen molar-refractivity contribution in [3.63, 3.8) is 0 Å². The lowest BCUT2D eigenvalue weighted by atomic mass is 10.0. The van der Waals surface area contributed by atoms with Crippen molar-refractivity contribution in [1.82, 2.24) is 0 Å². The molecule has 2 rings (SSSR count). The number of carboxylic acids is 2. The largest absolute Gasteiger partial charge is 0.478 e. The zero-order chi connectivity index (χ0) is 32.2. The highest BCUT2D eigenvalue weighted by Crippen LogP contribution is 2.18. The van der Waals surface area contributed by atoms with Gasteiger partial charge in [0.15, 0.2) is 5.78 Å². The number of carboxylic acid groups (broad SMARTS) is 2. The Labute approximate surface area is 260 Å². The van der Waals surface area contributed by atoms with Crippen molar-refractivity contribution in [2.24, 2.45) is 0 Å². The van der Waals surface area contributed by atoms with E-state index in [0.717, 1.165) is 37.5 Å². The Bertz CT molecular complexity index is 1190. The van der Waals surface area contributed by atoms with Gasteiger partial charge in [-0.05, 0) is 48.9 Å². The van der Waals surface area contributed by atoms with Crippen molar-refractivity contribution in [3.05, 3.63) is 59.2 Å². The van der Waals surface area contributed by atoms with Gasteiger partial charge >= 0.3 is 11.9 Å². The number of benzene rings is 2. The third kappa shape index (κ3) is 14.9. The third-order valence-corrected chi connectivity index (χ3v) is 7.53. The summed E-state index contributed by atoms with van der Waals surface area (Å²) in [6.45, 7) is 2.25. The van der Waals surface area contributed by atoms with Gasteiger partial charge in [-0.3, -0.25) is 14.4 Å². The van der Waals surface area contributed by atoms with Gasteiger partial charge in [0.25, 0.3) is 0 Å². The Balaban J connectivity index is 1.60.